The summed E-state index contributed by atoms with van der Waals surface area (Å²) in [5, 5.41) is 14.5. The molecule has 0 fully saturated rings. The van der Waals surface area contributed by atoms with Gasteiger partial charge in [-0.25, -0.2) is 0 Å². The highest BCUT2D eigenvalue weighted by Crippen LogP contribution is 2.25. The molecule has 0 saturated carbocycles. The minimum Gasteiger partial charge on any atom is -0.311 e. The number of nitrogens with one attached hydrogen (secondary N) is 1. The van der Waals surface area contributed by atoms with Gasteiger partial charge in [0.1, 0.15) is 0 Å². The van der Waals surface area contributed by atoms with Crippen LogP contribution in [0, 0.1) is 0 Å². The molecule has 2 heterocycles. The second-order valence-electron chi connectivity index (χ2n) is 4.06. The fourth-order valence-electron chi connectivity index (χ4n) is 1.91. The van der Waals surface area contributed by atoms with Gasteiger partial charge in [0.05, 0.1) is 28.1 Å². The number of hydrogen-bond acceptors (Lipinski definition) is 5. The summed E-state index contributed by atoms with van der Waals surface area (Å²) < 4.78 is 5.75. The zero-order valence-corrected chi connectivity index (χ0v) is 12.2. The third-order valence-electron chi connectivity index (χ3n) is 2.98. The maximum absolute atomic E-state index is 6.35. The highest BCUT2D eigenvalue weighted by Gasteiger charge is 2.19. The lowest BCUT2D eigenvalue weighted by molar-refractivity contribution is 0.547. The number of hydrogen-bond donors (Lipinski definition) is 1. The number of likely N-dealkylation sites (N-methyl/N-ethyl adjacent to an activating group) is 1. The number of halogens is 1. The van der Waals surface area contributed by atoms with Crippen molar-refractivity contribution >= 4 is 23.1 Å². The Bertz CT molecular complexity index is 508. The van der Waals surface area contributed by atoms with Gasteiger partial charge in [0.25, 0.3) is 0 Å². The summed E-state index contributed by atoms with van der Waals surface area (Å²) in [6, 6.07) is 0.112. The Balaban J connectivity index is 2.25. The van der Waals surface area contributed by atoms with Crippen molar-refractivity contribution < 1.29 is 0 Å². The second kappa shape index (κ2) is 5.77. The Morgan fingerprint density at radius 1 is 1.56 bits per heavy atom. The van der Waals surface area contributed by atoms with Crippen LogP contribution >= 0.6 is 23.1 Å². The maximum atomic E-state index is 6.35. The molecule has 1 atom stereocenters. The lowest BCUT2D eigenvalue weighted by Crippen LogP contribution is -2.20. The minimum atomic E-state index is 0.112. The molecule has 18 heavy (non-hydrogen) atoms. The fraction of sp³-hybridized carbons (Fsp3) is 0.545. The van der Waals surface area contributed by atoms with Crippen molar-refractivity contribution in [2.75, 3.05) is 7.05 Å². The van der Waals surface area contributed by atoms with Crippen LogP contribution in [0.15, 0.2) is 5.38 Å². The van der Waals surface area contributed by atoms with Crippen molar-refractivity contribution in [2.24, 2.45) is 7.05 Å². The molecule has 0 saturated heterocycles. The number of nitrogens with zero attached hydrogens (tertiary/aromatic N) is 4. The third kappa shape index (κ3) is 2.55. The Morgan fingerprint density at radius 2 is 2.33 bits per heavy atom. The molecule has 2 rings (SSSR count). The monoisotopic (exact) mass is 285 g/mol. The van der Waals surface area contributed by atoms with E-state index in [4.69, 9.17) is 11.6 Å². The van der Waals surface area contributed by atoms with Crippen molar-refractivity contribution in [1.82, 2.24) is 24.7 Å². The molecule has 1 unspecified atom stereocenters. The topological polar surface area (TPSA) is 55.6 Å². The van der Waals surface area contributed by atoms with Crippen LogP contribution in [0.5, 0.6) is 0 Å². The Kier molecular flexibility index (Phi) is 4.31. The normalized spacial score (nSPS) is 12.9. The molecule has 0 aliphatic heterocycles. The van der Waals surface area contributed by atoms with Gasteiger partial charge in [0, 0.05) is 18.8 Å². The van der Waals surface area contributed by atoms with E-state index in [9.17, 15) is 0 Å². The second-order valence-corrected chi connectivity index (χ2v) is 5.05. The molecular formula is C11H16ClN5S. The van der Waals surface area contributed by atoms with E-state index < -0.39 is 0 Å². The summed E-state index contributed by atoms with van der Waals surface area (Å²) in [6.45, 7) is 2.05. The summed E-state index contributed by atoms with van der Waals surface area (Å²) in [5.41, 5.74) is 2.92. The smallest absolute Gasteiger partial charge is 0.0928 e. The van der Waals surface area contributed by atoms with E-state index in [1.165, 1.54) is 11.5 Å². The molecule has 2 aromatic rings. The van der Waals surface area contributed by atoms with E-state index >= 15 is 0 Å². The first-order chi connectivity index (χ1) is 8.67. The highest BCUT2D eigenvalue weighted by molar-refractivity contribution is 7.03. The number of aromatic nitrogens is 4. The van der Waals surface area contributed by atoms with E-state index in [0.717, 1.165) is 34.9 Å². The summed E-state index contributed by atoms with van der Waals surface area (Å²) in [6.07, 6.45) is 1.60. The lowest BCUT2D eigenvalue weighted by Gasteiger charge is -2.13. The van der Waals surface area contributed by atoms with Crippen LogP contribution in [-0.2, 0) is 19.9 Å². The van der Waals surface area contributed by atoms with Crippen LogP contribution < -0.4 is 5.32 Å². The Hall–Kier alpha value is -0.980. The quantitative estimate of drug-likeness (QED) is 0.913. The van der Waals surface area contributed by atoms with Crippen LogP contribution in [0.3, 0.4) is 0 Å². The average molecular weight is 286 g/mol. The number of rotatable bonds is 5. The van der Waals surface area contributed by atoms with E-state index in [0.29, 0.717) is 0 Å². The standard InChI is InChI=1S/C11H16ClN5S/c1-4-7-11(12)10(17(3)15-7)5-8(13-2)9-6-18-16-14-9/h6,8,13H,4-5H2,1-3H3. The van der Waals surface area contributed by atoms with Gasteiger partial charge in [-0.3, -0.25) is 4.68 Å². The van der Waals surface area contributed by atoms with Gasteiger partial charge in [0.15, 0.2) is 0 Å². The summed E-state index contributed by atoms with van der Waals surface area (Å²) in [5.74, 6) is 0. The molecule has 1 N–H and O–H groups in total. The SMILES string of the molecule is CCc1nn(C)c(CC(NC)c2csnn2)c1Cl. The molecule has 7 heteroatoms. The fourth-order valence-corrected chi connectivity index (χ4v) is 2.79. The summed E-state index contributed by atoms with van der Waals surface area (Å²) in [4.78, 5) is 0. The van der Waals surface area contributed by atoms with Crippen molar-refractivity contribution in [3.8, 4) is 0 Å². The highest BCUT2D eigenvalue weighted by atomic mass is 35.5. The Labute approximate surface area is 115 Å². The molecule has 98 valence electrons. The summed E-state index contributed by atoms with van der Waals surface area (Å²) in [7, 11) is 3.83. The third-order valence-corrected chi connectivity index (χ3v) is 3.94. The molecule has 0 aliphatic carbocycles. The predicted octanol–water partition coefficient (Wildman–Crippen LogP) is 1.99. The molecule has 5 nitrogen and oxygen atoms in total. The van der Waals surface area contributed by atoms with Gasteiger partial charge in [-0.2, -0.15) is 5.10 Å². The van der Waals surface area contributed by atoms with Crippen molar-refractivity contribution in [3.05, 3.63) is 27.5 Å². The zero-order valence-electron chi connectivity index (χ0n) is 10.6. The van der Waals surface area contributed by atoms with Crippen LogP contribution in [0.25, 0.3) is 0 Å². The van der Waals surface area contributed by atoms with E-state index in [-0.39, 0.29) is 6.04 Å². The Morgan fingerprint density at radius 3 is 2.83 bits per heavy atom. The summed E-state index contributed by atoms with van der Waals surface area (Å²) >= 11 is 7.70. The first-order valence-corrected chi connectivity index (χ1v) is 7.03. The predicted molar refractivity (Wildman–Crippen MR) is 73.0 cm³/mol. The minimum absolute atomic E-state index is 0.112. The average Bonchev–Trinajstić information content (AvgIpc) is 2.97. The first kappa shape index (κ1) is 13.5. The van der Waals surface area contributed by atoms with E-state index in [1.54, 1.807) is 0 Å². The van der Waals surface area contributed by atoms with Crippen molar-refractivity contribution in [2.45, 2.75) is 25.8 Å². The van der Waals surface area contributed by atoms with Gasteiger partial charge < -0.3 is 5.32 Å². The van der Waals surface area contributed by atoms with Crippen LogP contribution in [-0.4, -0.2) is 26.4 Å². The van der Waals surface area contributed by atoms with Gasteiger partial charge in [-0.05, 0) is 25.0 Å². The van der Waals surface area contributed by atoms with Crippen LogP contribution in [0.4, 0.5) is 0 Å². The molecule has 0 aromatic carbocycles. The zero-order chi connectivity index (χ0) is 13.1. The van der Waals surface area contributed by atoms with Crippen molar-refractivity contribution in [3.63, 3.8) is 0 Å². The van der Waals surface area contributed by atoms with Gasteiger partial charge >= 0.3 is 0 Å². The van der Waals surface area contributed by atoms with Crippen LogP contribution in [0.2, 0.25) is 5.02 Å². The van der Waals surface area contributed by atoms with Gasteiger partial charge in [0.2, 0.25) is 0 Å². The molecule has 2 aromatic heterocycles. The molecular weight excluding hydrogens is 270 g/mol. The molecule has 0 amide bonds. The number of aryl methyl sites for hydroxylation is 2. The van der Waals surface area contributed by atoms with Crippen molar-refractivity contribution in [1.29, 1.82) is 0 Å². The maximum Gasteiger partial charge on any atom is 0.0928 e. The van der Waals surface area contributed by atoms with E-state index in [1.807, 2.05) is 24.2 Å². The van der Waals surface area contributed by atoms with Crippen LogP contribution in [0.1, 0.15) is 30.0 Å². The molecule has 0 spiro atoms. The molecule has 0 bridgehead atoms. The van der Waals surface area contributed by atoms with E-state index in [2.05, 4.69) is 26.9 Å². The largest absolute Gasteiger partial charge is 0.311 e. The lowest BCUT2D eigenvalue weighted by atomic mass is 10.1. The van der Waals surface area contributed by atoms with Gasteiger partial charge in [-0.1, -0.05) is 23.0 Å². The molecule has 0 radical (unpaired) electrons. The van der Waals surface area contributed by atoms with Gasteiger partial charge in [-0.15, -0.1) is 5.10 Å². The molecule has 0 aliphatic rings. The first-order valence-electron chi connectivity index (χ1n) is 5.81.